The summed E-state index contributed by atoms with van der Waals surface area (Å²) >= 11 is 0. The van der Waals surface area contributed by atoms with Crippen LogP contribution in [0.15, 0.2) is 24.3 Å². The van der Waals surface area contributed by atoms with Crippen LogP contribution < -0.4 is 4.90 Å². The number of fused-ring (bicyclic) bond motifs is 1. The van der Waals surface area contributed by atoms with E-state index >= 15 is 0 Å². The Labute approximate surface area is 121 Å². The molecule has 0 fully saturated rings. The fraction of sp³-hybridized carbons (Fsp3) is 0.562. The van der Waals surface area contributed by atoms with E-state index in [1.165, 1.54) is 5.56 Å². The molecule has 0 aromatic heterocycles. The molecular weight excluding hydrogens is 252 g/mol. The molecule has 1 atom stereocenters. The molecule has 4 heteroatoms. The summed E-state index contributed by atoms with van der Waals surface area (Å²) in [4.78, 5) is 16.3. The van der Waals surface area contributed by atoms with Crippen LogP contribution in [-0.4, -0.2) is 43.3 Å². The molecular formula is C16H24N2O2. The number of rotatable bonds is 1. The molecule has 0 saturated heterocycles. The van der Waals surface area contributed by atoms with E-state index in [0.29, 0.717) is 12.6 Å². The van der Waals surface area contributed by atoms with Crippen molar-refractivity contribution in [2.45, 2.75) is 38.8 Å². The fourth-order valence-corrected chi connectivity index (χ4v) is 2.41. The van der Waals surface area contributed by atoms with Crippen LogP contribution in [0.1, 0.15) is 26.3 Å². The highest BCUT2D eigenvalue weighted by atomic mass is 16.6. The third-order valence-electron chi connectivity index (χ3n) is 3.48. The van der Waals surface area contributed by atoms with Crippen LogP contribution in [0.25, 0.3) is 0 Å². The summed E-state index contributed by atoms with van der Waals surface area (Å²) < 4.78 is 5.53. The second-order valence-electron chi connectivity index (χ2n) is 6.54. The molecule has 1 aromatic rings. The van der Waals surface area contributed by atoms with Crippen LogP contribution in [0.5, 0.6) is 0 Å². The van der Waals surface area contributed by atoms with E-state index in [4.69, 9.17) is 4.74 Å². The maximum atomic E-state index is 12.4. The quantitative estimate of drug-likeness (QED) is 0.790. The van der Waals surface area contributed by atoms with Crippen LogP contribution in [0, 0.1) is 0 Å². The van der Waals surface area contributed by atoms with Gasteiger partial charge >= 0.3 is 6.09 Å². The van der Waals surface area contributed by atoms with Gasteiger partial charge in [-0.1, -0.05) is 18.2 Å². The molecule has 4 nitrogen and oxygen atoms in total. The van der Waals surface area contributed by atoms with Gasteiger partial charge in [-0.05, 0) is 52.9 Å². The van der Waals surface area contributed by atoms with Crippen molar-refractivity contribution in [1.82, 2.24) is 4.90 Å². The van der Waals surface area contributed by atoms with Crippen LogP contribution in [-0.2, 0) is 11.2 Å². The van der Waals surface area contributed by atoms with Crippen molar-refractivity contribution in [2.24, 2.45) is 0 Å². The van der Waals surface area contributed by atoms with Gasteiger partial charge in [0.05, 0.1) is 5.69 Å². The zero-order chi connectivity index (χ0) is 14.9. The summed E-state index contributed by atoms with van der Waals surface area (Å²) in [5, 5.41) is 0. The van der Waals surface area contributed by atoms with E-state index in [2.05, 4.69) is 11.0 Å². The van der Waals surface area contributed by atoms with E-state index in [-0.39, 0.29) is 6.09 Å². The normalized spacial score (nSPS) is 18.9. The van der Waals surface area contributed by atoms with Gasteiger partial charge in [0, 0.05) is 12.6 Å². The van der Waals surface area contributed by atoms with Gasteiger partial charge in [0.1, 0.15) is 5.60 Å². The molecule has 2 rings (SSSR count). The van der Waals surface area contributed by atoms with E-state index in [1.54, 1.807) is 4.90 Å². The summed E-state index contributed by atoms with van der Waals surface area (Å²) in [6, 6.07) is 8.38. The maximum Gasteiger partial charge on any atom is 0.414 e. The number of amides is 1. The number of para-hydroxylation sites is 1. The minimum absolute atomic E-state index is 0.267. The SMILES string of the molecule is CN(C)[C@@H]1Cc2ccccc2N(C(=O)OC(C)(C)C)C1. The van der Waals surface area contributed by atoms with E-state index in [0.717, 1.165) is 12.1 Å². The average Bonchev–Trinajstić information content (AvgIpc) is 2.35. The van der Waals surface area contributed by atoms with Crippen LogP contribution in [0.4, 0.5) is 10.5 Å². The Hall–Kier alpha value is -1.55. The summed E-state index contributed by atoms with van der Waals surface area (Å²) in [5.74, 6) is 0. The molecule has 0 bridgehead atoms. The van der Waals surface area contributed by atoms with Crippen LogP contribution >= 0.6 is 0 Å². The van der Waals surface area contributed by atoms with E-state index in [9.17, 15) is 4.79 Å². The van der Waals surface area contributed by atoms with Gasteiger partial charge in [-0.2, -0.15) is 0 Å². The summed E-state index contributed by atoms with van der Waals surface area (Å²) in [6.45, 7) is 6.34. The number of anilines is 1. The molecule has 1 heterocycles. The Morgan fingerprint density at radius 1 is 1.30 bits per heavy atom. The van der Waals surface area contributed by atoms with Gasteiger partial charge in [0.15, 0.2) is 0 Å². The predicted octanol–water partition coefficient (Wildman–Crippen LogP) is 2.91. The molecule has 1 aromatic carbocycles. The summed E-state index contributed by atoms with van der Waals surface area (Å²) in [5.41, 5.74) is 1.69. The molecule has 110 valence electrons. The Morgan fingerprint density at radius 2 is 1.95 bits per heavy atom. The largest absolute Gasteiger partial charge is 0.443 e. The van der Waals surface area contributed by atoms with Gasteiger partial charge in [0.2, 0.25) is 0 Å². The zero-order valence-corrected chi connectivity index (χ0v) is 13.0. The monoisotopic (exact) mass is 276 g/mol. The standard InChI is InChI=1S/C16H24N2O2/c1-16(2,3)20-15(19)18-11-13(17(4)5)10-12-8-6-7-9-14(12)18/h6-9,13H,10-11H2,1-5H3/t13-/m1/s1. The second kappa shape index (κ2) is 5.44. The van der Waals surface area contributed by atoms with Crippen molar-refractivity contribution in [2.75, 3.05) is 25.5 Å². The van der Waals surface area contributed by atoms with Crippen molar-refractivity contribution < 1.29 is 9.53 Å². The first kappa shape index (κ1) is 14.9. The highest BCUT2D eigenvalue weighted by Crippen LogP contribution is 2.29. The van der Waals surface area contributed by atoms with Gasteiger partial charge in [-0.25, -0.2) is 4.79 Å². The number of hydrogen-bond donors (Lipinski definition) is 0. The van der Waals surface area contributed by atoms with E-state index in [1.807, 2.05) is 53.1 Å². The second-order valence-corrected chi connectivity index (χ2v) is 6.54. The van der Waals surface area contributed by atoms with Gasteiger partial charge < -0.3 is 9.64 Å². The Bertz CT molecular complexity index is 491. The van der Waals surface area contributed by atoms with Crippen molar-refractivity contribution in [3.8, 4) is 0 Å². The number of carbonyl (C=O) groups is 1. The molecule has 1 amide bonds. The summed E-state index contributed by atoms with van der Waals surface area (Å²) in [6.07, 6.45) is 0.694. The number of ether oxygens (including phenoxy) is 1. The first-order valence-corrected chi connectivity index (χ1v) is 7.03. The lowest BCUT2D eigenvalue weighted by molar-refractivity contribution is 0.0567. The fourth-order valence-electron chi connectivity index (χ4n) is 2.41. The Balaban J connectivity index is 2.29. The van der Waals surface area contributed by atoms with Crippen molar-refractivity contribution in [1.29, 1.82) is 0 Å². The van der Waals surface area contributed by atoms with Crippen LogP contribution in [0.2, 0.25) is 0 Å². The number of carbonyl (C=O) groups excluding carboxylic acids is 1. The highest BCUT2D eigenvalue weighted by Gasteiger charge is 2.32. The Kier molecular flexibility index (Phi) is 4.04. The molecule has 0 saturated carbocycles. The predicted molar refractivity (Wildman–Crippen MR) is 81.2 cm³/mol. The maximum absolute atomic E-state index is 12.4. The number of benzene rings is 1. The third kappa shape index (κ3) is 3.31. The van der Waals surface area contributed by atoms with Gasteiger partial charge in [-0.15, -0.1) is 0 Å². The lowest BCUT2D eigenvalue weighted by atomic mass is 9.97. The van der Waals surface area contributed by atoms with Crippen molar-refractivity contribution >= 4 is 11.8 Å². The highest BCUT2D eigenvalue weighted by molar-refractivity contribution is 5.89. The Morgan fingerprint density at radius 3 is 2.55 bits per heavy atom. The topological polar surface area (TPSA) is 32.8 Å². The minimum Gasteiger partial charge on any atom is -0.443 e. The van der Waals surface area contributed by atoms with Gasteiger partial charge in [-0.3, -0.25) is 4.90 Å². The third-order valence-corrected chi connectivity index (χ3v) is 3.48. The molecule has 20 heavy (non-hydrogen) atoms. The van der Waals surface area contributed by atoms with Crippen molar-refractivity contribution in [3.05, 3.63) is 29.8 Å². The van der Waals surface area contributed by atoms with Crippen molar-refractivity contribution in [3.63, 3.8) is 0 Å². The van der Waals surface area contributed by atoms with Gasteiger partial charge in [0.25, 0.3) is 0 Å². The van der Waals surface area contributed by atoms with Crippen LogP contribution in [0.3, 0.4) is 0 Å². The molecule has 0 radical (unpaired) electrons. The number of nitrogens with zero attached hydrogens (tertiary/aromatic N) is 2. The lowest BCUT2D eigenvalue weighted by Gasteiger charge is -2.38. The zero-order valence-electron chi connectivity index (χ0n) is 13.0. The summed E-state index contributed by atoms with van der Waals surface area (Å²) in [7, 11) is 4.09. The number of hydrogen-bond acceptors (Lipinski definition) is 3. The number of likely N-dealkylation sites (N-methyl/N-ethyl adjacent to an activating group) is 1. The molecule has 0 spiro atoms. The molecule has 0 N–H and O–H groups in total. The smallest absolute Gasteiger partial charge is 0.414 e. The molecule has 1 aliphatic rings. The molecule has 0 unspecified atom stereocenters. The molecule has 1 aliphatic heterocycles. The average molecular weight is 276 g/mol. The first-order chi connectivity index (χ1) is 9.28. The van der Waals surface area contributed by atoms with E-state index < -0.39 is 5.60 Å². The minimum atomic E-state index is -0.475. The lowest BCUT2D eigenvalue weighted by Crippen LogP contribution is -2.49. The molecule has 0 aliphatic carbocycles. The first-order valence-electron chi connectivity index (χ1n) is 7.03.